The number of amides is 1. The molecule has 0 saturated heterocycles. The highest BCUT2D eigenvalue weighted by Crippen LogP contribution is 2.40. The zero-order valence-corrected chi connectivity index (χ0v) is 24.2. The molecule has 1 amide bonds. The van der Waals surface area contributed by atoms with Gasteiger partial charge in [-0.3, -0.25) is 15.0 Å². The quantitative estimate of drug-likeness (QED) is 0.290. The van der Waals surface area contributed by atoms with Crippen LogP contribution in [0, 0.1) is 5.41 Å². The van der Waals surface area contributed by atoms with Crippen molar-refractivity contribution in [2.45, 2.75) is 39.2 Å². The van der Waals surface area contributed by atoms with Crippen LogP contribution >= 0.6 is 0 Å². The number of carboxylic acids is 1. The number of methoxy groups -OCH3 is 1. The van der Waals surface area contributed by atoms with Gasteiger partial charge in [0, 0.05) is 44.4 Å². The molecule has 1 aromatic heterocycles. The Kier molecular flexibility index (Phi) is 10.5. The van der Waals surface area contributed by atoms with Crippen LogP contribution in [0.2, 0.25) is 0 Å². The SMILES string of the molecule is CCOc1cc2c(nc1C(=O)NC)C(=N)N(CC(=O)c1cc(N(C)C)c(OC)c(C(C)(C)F)c1)C2.O=C(O)C(F)(F)F. The van der Waals surface area contributed by atoms with Gasteiger partial charge < -0.3 is 29.7 Å². The van der Waals surface area contributed by atoms with Crippen molar-refractivity contribution >= 4 is 29.2 Å². The number of rotatable bonds is 9. The highest BCUT2D eigenvalue weighted by molar-refractivity contribution is 6.06. The fourth-order valence-electron chi connectivity index (χ4n) is 4.00. The molecule has 42 heavy (non-hydrogen) atoms. The van der Waals surface area contributed by atoms with E-state index in [0.717, 1.165) is 0 Å². The number of benzene rings is 1. The molecule has 0 saturated carbocycles. The Morgan fingerprint density at radius 3 is 2.21 bits per heavy atom. The van der Waals surface area contributed by atoms with Crippen LogP contribution in [0.1, 0.15) is 58.4 Å². The highest BCUT2D eigenvalue weighted by atomic mass is 19.4. The van der Waals surface area contributed by atoms with E-state index >= 15 is 4.39 Å². The number of nitrogens with zero attached hydrogens (tertiary/aromatic N) is 3. The predicted molar refractivity (Wildman–Crippen MR) is 146 cm³/mol. The van der Waals surface area contributed by atoms with Gasteiger partial charge in [0.05, 0.1) is 25.9 Å². The fraction of sp³-hybridized carbons (Fsp3) is 0.444. The molecule has 1 aromatic carbocycles. The van der Waals surface area contributed by atoms with Gasteiger partial charge in [-0.1, -0.05) is 0 Å². The number of alkyl halides is 4. The van der Waals surface area contributed by atoms with Crippen molar-refractivity contribution in [3.63, 3.8) is 0 Å². The molecular formula is C27H33F4N5O6. The van der Waals surface area contributed by atoms with Crippen molar-refractivity contribution in [1.29, 1.82) is 5.41 Å². The van der Waals surface area contributed by atoms with Gasteiger partial charge in [-0.05, 0) is 39.0 Å². The molecule has 230 valence electrons. The molecule has 2 aromatic rings. The Hall–Kier alpha value is -4.43. The van der Waals surface area contributed by atoms with Crippen LogP contribution in [0.5, 0.6) is 11.5 Å². The summed E-state index contributed by atoms with van der Waals surface area (Å²) in [6.07, 6.45) is -5.08. The molecule has 0 spiro atoms. The van der Waals surface area contributed by atoms with Crippen molar-refractivity contribution in [1.82, 2.24) is 15.2 Å². The van der Waals surface area contributed by atoms with E-state index in [1.54, 1.807) is 43.0 Å². The molecule has 0 unspecified atom stereocenters. The second-order valence-electron chi connectivity index (χ2n) is 9.73. The average Bonchev–Trinajstić information content (AvgIpc) is 3.19. The van der Waals surface area contributed by atoms with Gasteiger partial charge in [0.2, 0.25) is 0 Å². The van der Waals surface area contributed by atoms with Crippen LogP contribution in [0.25, 0.3) is 0 Å². The number of anilines is 1. The van der Waals surface area contributed by atoms with Gasteiger partial charge >= 0.3 is 12.1 Å². The molecule has 0 atom stereocenters. The highest BCUT2D eigenvalue weighted by Gasteiger charge is 2.38. The molecule has 0 fully saturated rings. The van der Waals surface area contributed by atoms with Crippen molar-refractivity contribution in [2.24, 2.45) is 0 Å². The van der Waals surface area contributed by atoms with Crippen LogP contribution < -0.4 is 19.7 Å². The summed E-state index contributed by atoms with van der Waals surface area (Å²) < 4.78 is 57.8. The number of Topliss-reactive ketones (excluding diaryl/α,β-unsaturated/α-hetero) is 1. The molecule has 3 N–H and O–H groups in total. The minimum absolute atomic E-state index is 0.0361. The summed E-state index contributed by atoms with van der Waals surface area (Å²) in [7, 11) is 6.55. The Balaban J connectivity index is 0.000000782. The maximum atomic E-state index is 15.0. The maximum Gasteiger partial charge on any atom is 0.490 e. The van der Waals surface area contributed by atoms with Crippen LogP contribution in [0.4, 0.5) is 23.2 Å². The molecule has 3 rings (SSSR count). The number of hydrogen-bond acceptors (Lipinski definition) is 8. The first-order valence-electron chi connectivity index (χ1n) is 12.5. The molecule has 1 aliphatic heterocycles. The molecule has 0 bridgehead atoms. The van der Waals surface area contributed by atoms with E-state index in [1.807, 2.05) is 0 Å². The average molecular weight is 600 g/mol. The van der Waals surface area contributed by atoms with Crippen LogP contribution in [-0.2, 0) is 17.0 Å². The van der Waals surface area contributed by atoms with E-state index in [9.17, 15) is 22.8 Å². The number of ether oxygens (including phenoxy) is 2. The van der Waals surface area contributed by atoms with E-state index in [1.165, 1.54) is 34.1 Å². The van der Waals surface area contributed by atoms with E-state index in [2.05, 4.69) is 10.3 Å². The molecule has 0 aliphatic carbocycles. The fourth-order valence-corrected chi connectivity index (χ4v) is 4.00. The number of amidine groups is 1. The first-order valence-corrected chi connectivity index (χ1v) is 12.5. The van der Waals surface area contributed by atoms with Crippen LogP contribution in [0.15, 0.2) is 18.2 Å². The zero-order chi connectivity index (χ0) is 32.2. The summed E-state index contributed by atoms with van der Waals surface area (Å²) in [5.74, 6) is -2.73. The Morgan fingerprint density at radius 1 is 1.17 bits per heavy atom. The summed E-state index contributed by atoms with van der Waals surface area (Å²) in [5.41, 5.74) is 0.533. The number of pyridine rings is 1. The lowest BCUT2D eigenvalue weighted by Crippen LogP contribution is -2.31. The minimum atomic E-state index is -5.08. The molecule has 11 nitrogen and oxygen atoms in total. The van der Waals surface area contributed by atoms with Gasteiger partial charge in [0.25, 0.3) is 5.91 Å². The van der Waals surface area contributed by atoms with Crippen LogP contribution in [0.3, 0.4) is 0 Å². The minimum Gasteiger partial charge on any atom is -0.494 e. The lowest BCUT2D eigenvalue weighted by Gasteiger charge is -2.25. The van der Waals surface area contributed by atoms with Gasteiger partial charge in [-0.25, -0.2) is 14.2 Å². The summed E-state index contributed by atoms with van der Waals surface area (Å²) in [6.45, 7) is 5.13. The maximum absolute atomic E-state index is 15.0. The molecule has 15 heteroatoms. The van der Waals surface area contributed by atoms with E-state index in [0.29, 0.717) is 40.6 Å². The molecule has 0 radical (unpaired) electrons. The number of nitrogens with one attached hydrogen (secondary N) is 2. The van der Waals surface area contributed by atoms with Gasteiger partial charge in [-0.15, -0.1) is 0 Å². The normalized spacial score (nSPS) is 12.6. The number of carbonyl (C=O) groups is 3. The van der Waals surface area contributed by atoms with Crippen molar-refractivity contribution in [2.75, 3.05) is 46.3 Å². The third-order valence-corrected chi connectivity index (χ3v) is 6.00. The summed E-state index contributed by atoms with van der Waals surface area (Å²) in [6, 6.07) is 4.87. The second-order valence-corrected chi connectivity index (χ2v) is 9.73. The number of ketones is 1. The predicted octanol–water partition coefficient (Wildman–Crippen LogP) is 3.78. The van der Waals surface area contributed by atoms with Crippen molar-refractivity contribution < 1.29 is 46.5 Å². The van der Waals surface area contributed by atoms with Crippen molar-refractivity contribution in [3.8, 4) is 11.5 Å². The standard InChI is InChI=1S/C25H32FN5O4.C2HF3O2/c1-8-35-19-11-15-12-31(23(27)20(15)29-21(19)24(33)28-4)13-18(32)14-9-16(25(2,3)26)22(34-7)17(10-14)30(5)6;3-2(4,5)1(6)7/h9-11,27H,8,12-13H2,1-7H3,(H,28,33);(H,6,7). The molecule has 1 aliphatic rings. The number of carbonyl (C=O) groups excluding carboxylic acids is 2. The Bertz CT molecular complexity index is 1370. The Morgan fingerprint density at radius 2 is 1.76 bits per heavy atom. The number of halogens is 4. The smallest absolute Gasteiger partial charge is 0.490 e. The van der Waals surface area contributed by atoms with Gasteiger partial charge in [0.15, 0.2) is 17.2 Å². The summed E-state index contributed by atoms with van der Waals surface area (Å²) >= 11 is 0. The van der Waals surface area contributed by atoms with E-state index in [4.69, 9.17) is 24.8 Å². The number of fused-ring (bicyclic) bond motifs is 1. The number of aromatic nitrogens is 1. The monoisotopic (exact) mass is 599 g/mol. The summed E-state index contributed by atoms with van der Waals surface area (Å²) in [4.78, 5) is 42.2. The van der Waals surface area contributed by atoms with Gasteiger partial charge in [-0.2, -0.15) is 13.2 Å². The zero-order valence-electron chi connectivity index (χ0n) is 24.2. The van der Waals surface area contributed by atoms with E-state index < -0.39 is 23.7 Å². The number of aliphatic carboxylic acids is 1. The first kappa shape index (κ1) is 33.8. The Labute approximate surface area is 239 Å². The van der Waals surface area contributed by atoms with Crippen LogP contribution in [-0.4, -0.2) is 86.1 Å². The second kappa shape index (κ2) is 13.0. The molecular weight excluding hydrogens is 566 g/mol. The lowest BCUT2D eigenvalue weighted by atomic mass is 9.94. The largest absolute Gasteiger partial charge is 0.494 e. The topological polar surface area (TPSA) is 145 Å². The third kappa shape index (κ3) is 7.64. The third-order valence-electron chi connectivity index (χ3n) is 6.00. The number of hydrogen-bond donors (Lipinski definition) is 3. The van der Waals surface area contributed by atoms with Crippen molar-refractivity contribution in [3.05, 3.63) is 46.3 Å². The lowest BCUT2D eigenvalue weighted by molar-refractivity contribution is -0.192. The summed E-state index contributed by atoms with van der Waals surface area (Å²) in [5, 5.41) is 18.2. The first-order chi connectivity index (χ1) is 19.4. The van der Waals surface area contributed by atoms with Gasteiger partial charge in [0.1, 0.15) is 22.9 Å². The van der Waals surface area contributed by atoms with E-state index in [-0.39, 0.29) is 36.0 Å². The molecule has 2 heterocycles. The number of carboxylic acid groups (broad SMARTS) is 1.